The van der Waals surface area contributed by atoms with Crippen LogP contribution in [-0.2, 0) is 11.2 Å². The topological polar surface area (TPSA) is 56.3 Å². The number of carboxylic acid groups (broad SMARTS) is 1. The maximum absolute atomic E-state index is 15.6. The van der Waals surface area contributed by atoms with E-state index in [1.54, 1.807) is 19.9 Å². The van der Waals surface area contributed by atoms with Gasteiger partial charge in [-0.25, -0.2) is 13.6 Å². The van der Waals surface area contributed by atoms with Crippen molar-refractivity contribution in [2.75, 3.05) is 6.54 Å². The van der Waals surface area contributed by atoms with Crippen molar-refractivity contribution in [2.24, 2.45) is 0 Å². The number of halogens is 2. The van der Waals surface area contributed by atoms with E-state index in [0.29, 0.717) is 16.7 Å². The minimum atomic E-state index is -1.45. The molecule has 4 nitrogen and oxygen atoms in total. The molecule has 3 aromatic rings. The second kappa shape index (κ2) is 8.17. The molecule has 32 heavy (non-hydrogen) atoms. The van der Waals surface area contributed by atoms with E-state index in [9.17, 15) is 9.18 Å². The molecule has 6 heteroatoms. The average molecular weight is 439 g/mol. The summed E-state index contributed by atoms with van der Waals surface area (Å²) in [6, 6.07) is 10.7. The summed E-state index contributed by atoms with van der Waals surface area (Å²) in [5.41, 5.74) is 3.22. The molecule has 1 unspecified atom stereocenters. The van der Waals surface area contributed by atoms with Crippen LogP contribution in [0, 0.1) is 12.7 Å². The lowest BCUT2D eigenvalue weighted by Crippen LogP contribution is -2.48. The van der Waals surface area contributed by atoms with Gasteiger partial charge in [0.05, 0.1) is 6.04 Å². The van der Waals surface area contributed by atoms with Crippen LogP contribution in [-0.4, -0.2) is 39.2 Å². The Kier molecular flexibility index (Phi) is 5.67. The van der Waals surface area contributed by atoms with Crippen molar-refractivity contribution >= 4 is 22.9 Å². The molecule has 4 rings (SSSR count). The molecule has 2 N–H and O–H groups in total. The van der Waals surface area contributed by atoms with Crippen LogP contribution < -0.4 is 0 Å². The standard InChI is InChI=1S/C26H28F2N2O2/c1-15-11-17(9-10-22(31)32)13-20(27)23(15)25-24-19(18-7-5-6-8-21(18)29-24)12-16(2)30(25)14-26(3,4)28/h5-11,13,16,25,29H,12,14H2,1-4H3,(H,31,32)/b10-9+/t16-,25?/m1/s1. The number of nitrogens with one attached hydrogen (secondary N) is 1. The zero-order chi connectivity index (χ0) is 23.2. The highest BCUT2D eigenvalue weighted by Crippen LogP contribution is 2.43. The molecule has 168 valence electrons. The third kappa shape index (κ3) is 4.19. The summed E-state index contributed by atoms with van der Waals surface area (Å²) < 4.78 is 30.4. The van der Waals surface area contributed by atoms with Crippen molar-refractivity contribution in [1.29, 1.82) is 0 Å². The number of para-hydroxylation sites is 1. The Morgan fingerprint density at radius 1 is 1.31 bits per heavy atom. The van der Waals surface area contributed by atoms with Crippen LogP contribution in [0.2, 0.25) is 0 Å². The number of benzene rings is 2. The molecule has 0 fully saturated rings. The van der Waals surface area contributed by atoms with E-state index in [-0.39, 0.29) is 12.6 Å². The highest BCUT2D eigenvalue weighted by atomic mass is 19.1. The number of alkyl halides is 1. The van der Waals surface area contributed by atoms with Gasteiger partial charge in [0, 0.05) is 40.8 Å². The fourth-order valence-corrected chi connectivity index (χ4v) is 4.89. The van der Waals surface area contributed by atoms with Crippen LogP contribution in [0.3, 0.4) is 0 Å². The number of rotatable bonds is 5. The molecule has 1 aromatic heterocycles. The van der Waals surface area contributed by atoms with Crippen LogP contribution >= 0.6 is 0 Å². The normalized spacial score (nSPS) is 19.6. The average Bonchev–Trinajstić information content (AvgIpc) is 3.05. The van der Waals surface area contributed by atoms with E-state index in [2.05, 4.69) is 18.0 Å². The lowest BCUT2D eigenvalue weighted by atomic mass is 9.85. The van der Waals surface area contributed by atoms with Crippen LogP contribution in [0.5, 0.6) is 0 Å². The van der Waals surface area contributed by atoms with Crippen molar-refractivity contribution in [3.63, 3.8) is 0 Å². The van der Waals surface area contributed by atoms with Gasteiger partial charge in [0.2, 0.25) is 0 Å². The van der Waals surface area contributed by atoms with Crippen molar-refractivity contribution in [2.45, 2.75) is 51.9 Å². The minimum absolute atomic E-state index is 0.00659. The van der Waals surface area contributed by atoms with Crippen LogP contribution in [0.15, 0.2) is 42.5 Å². The highest BCUT2D eigenvalue weighted by Gasteiger charge is 2.40. The first kappa shape index (κ1) is 22.2. The third-order valence-corrected chi connectivity index (χ3v) is 6.13. The van der Waals surface area contributed by atoms with Crippen LogP contribution in [0.1, 0.15) is 54.8 Å². The van der Waals surface area contributed by atoms with Crippen LogP contribution in [0.25, 0.3) is 17.0 Å². The number of H-pyrrole nitrogens is 1. The third-order valence-electron chi connectivity index (χ3n) is 6.13. The Bertz CT molecular complexity index is 1180. The summed E-state index contributed by atoms with van der Waals surface area (Å²) in [5.74, 6) is -1.52. The summed E-state index contributed by atoms with van der Waals surface area (Å²) in [6.45, 7) is 7.12. The molecule has 2 atom stereocenters. The predicted octanol–water partition coefficient (Wildman–Crippen LogP) is 5.80. The molecule has 2 aromatic carbocycles. The Morgan fingerprint density at radius 2 is 2.03 bits per heavy atom. The molecule has 0 amide bonds. The molecule has 2 heterocycles. The van der Waals surface area contributed by atoms with Crippen LogP contribution in [0.4, 0.5) is 8.78 Å². The monoisotopic (exact) mass is 438 g/mol. The number of aromatic nitrogens is 1. The Morgan fingerprint density at radius 3 is 2.69 bits per heavy atom. The lowest BCUT2D eigenvalue weighted by molar-refractivity contribution is -0.131. The van der Waals surface area contributed by atoms with Gasteiger partial charge in [0.15, 0.2) is 0 Å². The maximum atomic E-state index is 15.6. The number of carboxylic acids is 1. The number of hydrogen-bond donors (Lipinski definition) is 2. The molecule has 0 spiro atoms. The molecule has 1 aliphatic heterocycles. The first-order chi connectivity index (χ1) is 15.0. The number of aryl methyl sites for hydroxylation is 1. The van der Waals surface area contributed by atoms with E-state index < -0.39 is 23.5 Å². The number of carbonyl (C=O) groups is 1. The van der Waals surface area contributed by atoms with Gasteiger partial charge in [0.1, 0.15) is 11.5 Å². The fourth-order valence-electron chi connectivity index (χ4n) is 4.89. The summed E-state index contributed by atoms with van der Waals surface area (Å²) >= 11 is 0. The van der Waals surface area contributed by atoms with E-state index >= 15 is 4.39 Å². The van der Waals surface area contributed by atoms with Gasteiger partial charge in [-0.2, -0.15) is 0 Å². The van der Waals surface area contributed by atoms with Gasteiger partial charge in [-0.05, 0) is 69.0 Å². The van der Waals surface area contributed by atoms with Crippen molar-refractivity contribution in [1.82, 2.24) is 9.88 Å². The summed E-state index contributed by atoms with van der Waals surface area (Å²) in [4.78, 5) is 16.4. The van der Waals surface area contributed by atoms with Gasteiger partial charge >= 0.3 is 5.97 Å². The van der Waals surface area contributed by atoms with Crippen molar-refractivity contribution < 1.29 is 18.7 Å². The fraction of sp³-hybridized carbons (Fsp3) is 0.346. The smallest absolute Gasteiger partial charge is 0.328 e. The first-order valence-corrected chi connectivity index (χ1v) is 10.8. The minimum Gasteiger partial charge on any atom is -0.478 e. The van der Waals surface area contributed by atoms with Gasteiger partial charge in [0.25, 0.3) is 0 Å². The van der Waals surface area contributed by atoms with Crippen molar-refractivity contribution in [3.05, 3.63) is 76.2 Å². The first-order valence-electron chi connectivity index (χ1n) is 10.8. The second-order valence-corrected chi connectivity index (χ2v) is 9.31. The molecule has 0 radical (unpaired) electrons. The van der Waals surface area contributed by atoms with Gasteiger partial charge in [-0.1, -0.05) is 24.3 Å². The van der Waals surface area contributed by atoms with E-state index in [0.717, 1.165) is 34.7 Å². The molecule has 0 saturated carbocycles. The molecular formula is C26H28F2N2O2. The number of nitrogens with zero attached hydrogens (tertiary/aromatic N) is 1. The zero-order valence-electron chi connectivity index (χ0n) is 18.7. The molecule has 0 aliphatic carbocycles. The Labute approximate surface area is 186 Å². The molecule has 0 bridgehead atoms. The van der Waals surface area contributed by atoms with Gasteiger partial charge in [-0.15, -0.1) is 0 Å². The van der Waals surface area contributed by atoms with Crippen molar-refractivity contribution in [3.8, 4) is 0 Å². The number of hydrogen-bond acceptors (Lipinski definition) is 2. The Balaban J connectivity index is 1.92. The SMILES string of the molecule is Cc1cc(/C=C/C(=O)O)cc(F)c1C1c2[nH]c3ccccc3c2C[C@@H](C)N1CC(C)(C)F. The quantitative estimate of drug-likeness (QED) is 0.495. The highest BCUT2D eigenvalue weighted by molar-refractivity contribution is 5.86. The van der Waals surface area contributed by atoms with E-state index in [4.69, 9.17) is 5.11 Å². The summed E-state index contributed by atoms with van der Waals surface area (Å²) in [5, 5.41) is 10.0. The van der Waals surface area contributed by atoms with E-state index in [1.807, 2.05) is 30.0 Å². The van der Waals surface area contributed by atoms with Gasteiger partial charge in [-0.3, -0.25) is 4.90 Å². The zero-order valence-corrected chi connectivity index (χ0v) is 18.7. The summed E-state index contributed by atoms with van der Waals surface area (Å²) in [7, 11) is 0. The van der Waals surface area contributed by atoms with E-state index in [1.165, 1.54) is 12.1 Å². The second-order valence-electron chi connectivity index (χ2n) is 9.31. The number of fused-ring (bicyclic) bond motifs is 3. The molecular weight excluding hydrogens is 410 g/mol. The predicted molar refractivity (Wildman–Crippen MR) is 123 cm³/mol. The summed E-state index contributed by atoms with van der Waals surface area (Å²) in [6.07, 6.45) is 3.11. The molecule has 0 saturated heterocycles. The molecule has 1 aliphatic rings. The maximum Gasteiger partial charge on any atom is 0.328 e. The lowest BCUT2D eigenvalue weighted by Gasteiger charge is -2.43. The largest absolute Gasteiger partial charge is 0.478 e. The number of aliphatic carboxylic acids is 1. The Hall–Kier alpha value is -2.99. The number of aromatic amines is 1. The van der Waals surface area contributed by atoms with Gasteiger partial charge < -0.3 is 10.1 Å².